The predicted octanol–water partition coefficient (Wildman–Crippen LogP) is 3.08. The molecule has 0 aliphatic carbocycles. The second-order valence-electron chi connectivity index (χ2n) is 3.24. The summed E-state index contributed by atoms with van der Waals surface area (Å²) < 4.78 is 0. The summed E-state index contributed by atoms with van der Waals surface area (Å²) >= 11 is 5.69. The summed E-state index contributed by atoms with van der Waals surface area (Å²) in [6.07, 6.45) is 0. The second-order valence-corrected chi connectivity index (χ2v) is 3.65. The van der Waals surface area contributed by atoms with Crippen LogP contribution in [0.1, 0.15) is 25.3 Å². The highest BCUT2D eigenvalue weighted by Gasteiger charge is 2.24. The zero-order chi connectivity index (χ0) is 10.9. The number of nitro benzene ring substituents is 1. The highest BCUT2D eigenvalue weighted by Crippen LogP contribution is 2.38. The van der Waals surface area contributed by atoms with E-state index >= 15 is 0 Å². The monoisotopic (exact) mass is 215 g/mol. The first-order chi connectivity index (χ1) is 6.45. The summed E-state index contributed by atoms with van der Waals surface area (Å²) in [6.45, 7) is 3.52. The molecule has 0 saturated heterocycles. The van der Waals surface area contributed by atoms with Gasteiger partial charge in [-0.25, -0.2) is 0 Å². The van der Waals surface area contributed by atoms with Gasteiger partial charge in [0.15, 0.2) is 0 Å². The Morgan fingerprint density at radius 1 is 1.50 bits per heavy atom. The zero-order valence-corrected chi connectivity index (χ0v) is 8.58. The SMILES string of the molecule is CC(C)c1c(O)ccc(Cl)c1[N+](=O)[O-]. The fraction of sp³-hybridized carbons (Fsp3) is 0.333. The number of benzene rings is 1. The van der Waals surface area contributed by atoms with Gasteiger partial charge in [0.2, 0.25) is 0 Å². The van der Waals surface area contributed by atoms with Crippen LogP contribution in [-0.2, 0) is 0 Å². The van der Waals surface area contributed by atoms with Crippen molar-refractivity contribution < 1.29 is 10.0 Å². The molecule has 14 heavy (non-hydrogen) atoms. The molecule has 0 amide bonds. The van der Waals surface area contributed by atoms with Gasteiger partial charge < -0.3 is 5.11 Å². The van der Waals surface area contributed by atoms with Crippen molar-refractivity contribution in [3.05, 3.63) is 32.8 Å². The maximum atomic E-state index is 10.7. The van der Waals surface area contributed by atoms with E-state index in [1.165, 1.54) is 12.1 Å². The van der Waals surface area contributed by atoms with Gasteiger partial charge in [0.1, 0.15) is 10.8 Å². The van der Waals surface area contributed by atoms with E-state index in [0.29, 0.717) is 0 Å². The van der Waals surface area contributed by atoms with Gasteiger partial charge in [-0.2, -0.15) is 0 Å². The van der Waals surface area contributed by atoms with Crippen molar-refractivity contribution in [1.29, 1.82) is 0 Å². The molecular formula is C9H10ClNO3. The Balaban J connectivity index is 3.50. The Kier molecular flexibility index (Phi) is 2.96. The number of hydrogen-bond donors (Lipinski definition) is 1. The summed E-state index contributed by atoms with van der Waals surface area (Å²) in [5, 5.41) is 20.2. The number of phenols is 1. The van der Waals surface area contributed by atoms with Crippen molar-refractivity contribution >= 4 is 17.3 Å². The average Bonchev–Trinajstić information content (AvgIpc) is 2.07. The lowest BCUT2D eigenvalue weighted by Crippen LogP contribution is -1.98. The minimum absolute atomic E-state index is 0.0523. The number of nitrogens with zero attached hydrogens (tertiary/aromatic N) is 1. The summed E-state index contributed by atoms with van der Waals surface area (Å²) in [5.41, 5.74) is 0.0733. The Bertz CT molecular complexity index is 377. The third-order valence-corrected chi connectivity index (χ3v) is 2.21. The number of rotatable bonds is 2. The van der Waals surface area contributed by atoms with Crippen molar-refractivity contribution in [2.45, 2.75) is 19.8 Å². The van der Waals surface area contributed by atoms with Crippen molar-refractivity contribution in [2.24, 2.45) is 0 Å². The van der Waals surface area contributed by atoms with E-state index in [0.717, 1.165) is 0 Å². The van der Waals surface area contributed by atoms with Crippen molar-refractivity contribution in [2.75, 3.05) is 0 Å². The molecule has 0 fully saturated rings. The van der Waals surface area contributed by atoms with Gasteiger partial charge in [-0.15, -0.1) is 0 Å². The fourth-order valence-corrected chi connectivity index (χ4v) is 1.56. The van der Waals surface area contributed by atoms with Gasteiger partial charge in [-0.3, -0.25) is 10.1 Å². The molecule has 0 aliphatic rings. The van der Waals surface area contributed by atoms with Crippen LogP contribution in [0.25, 0.3) is 0 Å². The van der Waals surface area contributed by atoms with E-state index in [1.807, 2.05) is 0 Å². The van der Waals surface area contributed by atoms with E-state index < -0.39 is 4.92 Å². The number of nitro groups is 1. The van der Waals surface area contributed by atoms with Crippen molar-refractivity contribution in [3.8, 4) is 5.75 Å². The highest BCUT2D eigenvalue weighted by molar-refractivity contribution is 6.32. The second kappa shape index (κ2) is 3.84. The van der Waals surface area contributed by atoms with Crippen LogP contribution in [0.5, 0.6) is 5.75 Å². The first kappa shape index (κ1) is 10.8. The van der Waals surface area contributed by atoms with Crippen LogP contribution in [0.4, 0.5) is 5.69 Å². The maximum absolute atomic E-state index is 10.7. The number of aromatic hydroxyl groups is 1. The molecule has 76 valence electrons. The topological polar surface area (TPSA) is 63.4 Å². The molecule has 0 spiro atoms. The van der Waals surface area contributed by atoms with Gasteiger partial charge in [-0.1, -0.05) is 25.4 Å². The molecule has 4 nitrogen and oxygen atoms in total. The molecule has 1 N–H and O–H groups in total. The predicted molar refractivity (Wildman–Crippen MR) is 53.9 cm³/mol. The minimum atomic E-state index is -0.572. The normalized spacial score (nSPS) is 10.6. The third kappa shape index (κ3) is 1.80. The Morgan fingerprint density at radius 3 is 2.43 bits per heavy atom. The minimum Gasteiger partial charge on any atom is -0.507 e. The average molecular weight is 216 g/mol. The van der Waals surface area contributed by atoms with Crippen molar-refractivity contribution in [1.82, 2.24) is 0 Å². The molecule has 1 rings (SSSR count). The van der Waals surface area contributed by atoms with E-state index in [4.69, 9.17) is 11.6 Å². The molecule has 0 aliphatic heterocycles. The van der Waals surface area contributed by atoms with Gasteiger partial charge in [0, 0.05) is 0 Å². The first-order valence-corrected chi connectivity index (χ1v) is 4.48. The van der Waals surface area contributed by atoms with Gasteiger partial charge >= 0.3 is 0 Å². The lowest BCUT2D eigenvalue weighted by molar-refractivity contribution is -0.385. The Labute approximate surface area is 86.3 Å². The summed E-state index contributed by atoms with van der Waals surface area (Å²) in [5.74, 6) is -0.231. The molecule has 0 atom stereocenters. The lowest BCUT2D eigenvalue weighted by atomic mass is 10.00. The van der Waals surface area contributed by atoms with E-state index in [2.05, 4.69) is 0 Å². The third-order valence-electron chi connectivity index (χ3n) is 1.90. The molecule has 0 bridgehead atoms. The number of phenolic OH excluding ortho intramolecular Hbond substituents is 1. The molecule has 1 aromatic rings. The summed E-state index contributed by atoms with van der Waals surface area (Å²) in [4.78, 5) is 10.1. The molecule has 5 heteroatoms. The largest absolute Gasteiger partial charge is 0.507 e. The number of hydrogen-bond acceptors (Lipinski definition) is 3. The smallest absolute Gasteiger partial charge is 0.294 e. The molecule has 0 radical (unpaired) electrons. The number of halogens is 1. The first-order valence-electron chi connectivity index (χ1n) is 4.11. The van der Waals surface area contributed by atoms with Crippen LogP contribution in [0.2, 0.25) is 5.02 Å². The fourth-order valence-electron chi connectivity index (χ4n) is 1.33. The van der Waals surface area contributed by atoms with Crippen LogP contribution in [0.3, 0.4) is 0 Å². The van der Waals surface area contributed by atoms with Crippen LogP contribution in [-0.4, -0.2) is 10.0 Å². The zero-order valence-electron chi connectivity index (χ0n) is 7.82. The quantitative estimate of drug-likeness (QED) is 0.609. The van der Waals surface area contributed by atoms with Gasteiger partial charge in [0.05, 0.1) is 10.5 Å². The maximum Gasteiger partial charge on any atom is 0.294 e. The lowest BCUT2D eigenvalue weighted by Gasteiger charge is -2.09. The van der Waals surface area contributed by atoms with Crippen LogP contribution < -0.4 is 0 Å². The molecule has 0 heterocycles. The van der Waals surface area contributed by atoms with Crippen LogP contribution in [0, 0.1) is 10.1 Å². The molecule has 1 aromatic carbocycles. The standard InChI is InChI=1S/C9H10ClNO3/c1-5(2)8-7(12)4-3-6(10)9(8)11(13)14/h3-5,12H,1-2H3. The summed E-state index contributed by atoms with van der Waals surface area (Å²) in [6, 6.07) is 2.69. The van der Waals surface area contributed by atoms with Crippen molar-refractivity contribution in [3.63, 3.8) is 0 Å². The van der Waals surface area contributed by atoms with Crippen LogP contribution >= 0.6 is 11.6 Å². The van der Waals surface area contributed by atoms with Gasteiger partial charge in [-0.05, 0) is 18.1 Å². The van der Waals surface area contributed by atoms with E-state index in [-0.39, 0.29) is 27.9 Å². The van der Waals surface area contributed by atoms with Gasteiger partial charge in [0.25, 0.3) is 5.69 Å². The van der Waals surface area contributed by atoms with Crippen LogP contribution in [0.15, 0.2) is 12.1 Å². The highest BCUT2D eigenvalue weighted by atomic mass is 35.5. The molecule has 0 aromatic heterocycles. The molecular weight excluding hydrogens is 206 g/mol. The van der Waals surface area contributed by atoms with E-state index in [9.17, 15) is 15.2 Å². The Morgan fingerprint density at radius 2 is 2.07 bits per heavy atom. The molecule has 0 unspecified atom stereocenters. The van der Waals surface area contributed by atoms with E-state index in [1.54, 1.807) is 13.8 Å². The molecule has 0 saturated carbocycles. The summed E-state index contributed by atoms with van der Waals surface area (Å²) in [7, 11) is 0. The Hall–Kier alpha value is -1.29.